The van der Waals surface area contributed by atoms with Gasteiger partial charge in [0.15, 0.2) is 0 Å². The van der Waals surface area contributed by atoms with Crippen molar-refractivity contribution < 1.29 is 0 Å². The highest BCUT2D eigenvalue weighted by Gasteiger charge is 2.07. The summed E-state index contributed by atoms with van der Waals surface area (Å²) < 4.78 is 0. The van der Waals surface area contributed by atoms with Gasteiger partial charge in [-0.3, -0.25) is 0 Å². The Bertz CT molecular complexity index is 315. The van der Waals surface area contributed by atoms with Gasteiger partial charge in [-0.25, -0.2) is 0 Å². The molecule has 1 aromatic carbocycles. The lowest BCUT2D eigenvalue weighted by Crippen LogP contribution is -2.11. The van der Waals surface area contributed by atoms with Crippen LogP contribution in [0.15, 0.2) is 18.2 Å². The van der Waals surface area contributed by atoms with Gasteiger partial charge >= 0.3 is 0 Å². The van der Waals surface area contributed by atoms with E-state index in [2.05, 4.69) is 58.0 Å². The first-order chi connectivity index (χ1) is 7.10. The summed E-state index contributed by atoms with van der Waals surface area (Å²) in [6.45, 7) is 6.77. The van der Waals surface area contributed by atoms with Crippen molar-refractivity contribution in [2.45, 2.75) is 39.5 Å². The molecule has 0 N–H and O–H groups in total. The van der Waals surface area contributed by atoms with Crippen LogP contribution < -0.4 is 4.90 Å². The molecule has 84 valence electrons. The van der Waals surface area contributed by atoms with Gasteiger partial charge in [0.1, 0.15) is 0 Å². The molecule has 0 radical (unpaired) electrons. The van der Waals surface area contributed by atoms with E-state index in [9.17, 15) is 0 Å². The summed E-state index contributed by atoms with van der Waals surface area (Å²) in [5.74, 6) is 0.673. The van der Waals surface area contributed by atoms with Crippen molar-refractivity contribution in [3.8, 4) is 0 Å². The summed E-state index contributed by atoms with van der Waals surface area (Å²) >= 11 is 0. The van der Waals surface area contributed by atoms with E-state index in [1.54, 1.807) is 0 Å². The average Bonchev–Trinajstić information content (AvgIpc) is 2.26. The van der Waals surface area contributed by atoms with Gasteiger partial charge in [-0.1, -0.05) is 32.9 Å². The minimum absolute atomic E-state index is 0.673. The second-order valence-electron chi connectivity index (χ2n) is 4.45. The van der Waals surface area contributed by atoms with Crippen molar-refractivity contribution in [3.05, 3.63) is 29.3 Å². The van der Waals surface area contributed by atoms with Crippen LogP contribution in [-0.2, 0) is 6.42 Å². The minimum atomic E-state index is 0.673. The van der Waals surface area contributed by atoms with Gasteiger partial charge in [0.05, 0.1) is 0 Å². The van der Waals surface area contributed by atoms with E-state index in [1.165, 1.54) is 23.2 Å². The molecular weight excluding hydrogens is 182 g/mol. The molecule has 0 saturated carbocycles. The van der Waals surface area contributed by atoms with Gasteiger partial charge in [0.25, 0.3) is 0 Å². The summed E-state index contributed by atoms with van der Waals surface area (Å²) in [6, 6.07) is 6.88. The van der Waals surface area contributed by atoms with Crippen molar-refractivity contribution in [1.82, 2.24) is 0 Å². The lowest BCUT2D eigenvalue weighted by Gasteiger charge is -2.19. The maximum atomic E-state index is 2.36. The molecule has 0 aliphatic rings. The Morgan fingerprint density at radius 2 is 1.87 bits per heavy atom. The topological polar surface area (TPSA) is 3.24 Å². The number of rotatable bonds is 4. The first-order valence-corrected chi connectivity index (χ1v) is 5.90. The fraction of sp³-hybridized carbons (Fsp3) is 0.571. The molecule has 1 aromatic rings. The highest BCUT2D eigenvalue weighted by molar-refractivity contribution is 5.54. The maximum Gasteiger partial charge on any atom is 0.0393 e. The molecule has 0 aliphatic heterocycles. The highest BCUT2D eigenvalue weighted by Crippen LogP contribution is 2.26. The van der Waals surface area contributed by atoms with Crippen molar-refractivity contribution in [1.29, 1.82) is 0 Å². The number of hydrogen-bond acceptors (Lipinski definition) is 1. The molecule has 1 nitrogen and oxygen atoms in total. The number of nitrogens with zero attached hydrogens (tertiary/aromatic N) is 1. The Morgan fingerprint density at radius 1 is 1.20 bits per heavy atom. The molecule has 15 heavy (non-hydrogen) atoms. The van der Waals surface area contributed by atoms with Crippen molar-refractivity contribution in [2.75, 3.05) is 19.0 Å². The summed E-state index contributed by atoms with van der Waals surface area (Å²) in [4.78, 5) is 2.19. The fourth-order valence-corrected chi connectivity index (χ4v) is 1.87. The molecule has 0 amide bonds. The molecule has 0 spiro atoms. The zero-order chi connectivity index (χ0) is 11.4. The van der Waals surface area contributed by atoms with Crippen LogP contribution >= 0.6 is 0 Å². The highest BCUT2D eigenvalue weighted by atomic mass is 15.1. The van der Waals surface area contributed by atoms with Gasteiger partial charge in [-0.15, -0.1) is 0 Å². The molecule has 0 heterocycles. The van der Waals surface area contributed by atoms with Gasteiger partial charge < -0.3 is 4.90 Å². The Hall–Kier alpha value is -0.980. The Labute approximate surface area is 94.1 Å². The summed E-state index contributed by atoms with van der Waals surface area (Å²) in [7, 11) is 4.22. The fourth-order valence-electron chi connectivity index (χ4n) is 1.87. The Kier molecular flexibility index (Phi) is 4.19. The van der Waals surface area contributed by atoms with E-state index in [4.69, 9.17) is 0 Å². The van der Waals surface area contributed by atoms with Gasteiger partial charge in [-0.05, 0) is 36.0 Å². The smallest absolute Gasteiger partial charge is 0.0393 e. The molecular formula is C14H23N. The normalized spacial score (nSPS) is 12.6. The van der Waals surface area contributed by atoms with Gasteiger partial charge in [-0.2, -0.15) is 0 Å². The molecule has 0 saturated heterocycles. The van der Waals surface area contributed by atoms with Crippen LogP contribution in [-0.4, -0.2) is 14.1 Å². The van der Waals surface area contributed by atoms with E-state index in [0.717, 1.165) is 6.42 Å². The zero-order valence-corrected chi connectivity index (χ0v) is 10.7. The predicted octanol–water partition coefficient (Wildman–Crippen LogP) is 3.83. The van der Waals surface area contributed by atoms with Crippen LogP contribution in [0.3, 0.4) is 0 Å². The quantitative estimate of drug-likeness (QED) is 0.722. The average molecular weight is 205 g/mol. The summed E-state index contributed by atoms with van der Waals surface area (Å²) in [5.41, 5.74) is 4.28. The lowest BCUT2D eigenvalue weighted by atomic mass is 9.95. The number of benzene rings is 1. The van der Waals surface area contributed by atoms with Crippen LogP contribution in [0.1, 0.15) is 44.2 Å². The molecule has 0 aliphatic carbocycles. The molecule has 0 bridgehead atoms. The SMILES string of the molecule is CCc1cc(C(C)CC)ccc1N(C)C. The third-order valence-corrected chi connectivity index (χ3v) is 3.15. The number of hydrogen-bond donors (Lipinski definition) is 0. The van der Waals surface area contributed by atoms with Gasteiger partial charge in [0.2, 0.25) is 0 Å². The van der Waals surface area contributed by atoms with Crippen molar-refractivity contribution in [3.63, 3.8) is 0 Å². The number of aryl methyl sites for hydroxylation is 1. The largest absolute Gasteiger partial charge is 0.377 e. The summed E-state index contributed by atoms with van der Waals surface area (Å²) in [6.07, 6.45) is 2.32. The standard InChI is InChI=1S/C14H23N/c1-6-11(3)13-8-9-14(15(4)5)12(7-2)10-13/h8-11H,6-7H2,1-5H3. The molecule has 0 fully saturated rings. The first-order valence-electron chi connectivity index (χ1n) is 5.90. The van der Waals surface area contributed by atoms with E-state index in [0.29, 0.717) is 5.92 Å². The molecule has 0 aromatic heterocycles. The third-order valence-electron chi connectivity index (χ3n) is 3.15. The van der Waals surface area contributed by atoms with Gasteiger partial charge in [0, 0.05) is 19.8 Å². The third kappa shape index (κ3) is 2.74. The van der Waals surface area contributed by atoms with E-state index in [1.807, 2.05) is 0 Å². The monoisotopic (exact) mass is 205 g/mol. The second kappa shape index (κ2) is 5.20. The Morgan fingerprint density at radius 3 is 2.33 bits per heavy atom. The summed E-state index contributed by atoms with van der Waals surface area (Å²) in [5, 5.41) is 0. The van der Waals surface area contributed by atoms with Crippen molar-refractivity contribution >= 4 is 5.69 Å². The zero-order valence-electron chi connectivity index (χ0n) is 10.7. The first kappa shape index (κ1) is 12.1. The van der Waals surface area contributed by atoms with Crippen LogP contribution in [0.5, 0.6) is 0 Å². The van der Waals surface area contributed by atoms with Crippen LogP contribution in [0, 0.1) is 0 Å². The van der Waals surface area contributed by atoms with Crippen LogP contribution in [0.25, 0.3) is 0 Å². The molecule has 1 heteroatoms. The van der Waals surface area contributed by atoms with E-state index >= 15 is 0 Å². The lowest BCUT2D eigenvalue weighted by molar-refractivity contribution is 0.732. The minimum Gasteiger partial charge on any atom is -0.377 e. The second-order valence-corrected chi connectivity index (χ2v) is 4.45. The van der Waals surface area contributed by atoms with Crippen LogP contribution in [0.4, 0.5) is 5.69 Å². The molecule has 1 atom stereocenters. The van der Waals surface area contributed by atoms with E-state index < -0.39 is 0 Å². The number of anilines is 1. The molecule has 1 rings (SSSR count). The van der Waals surface area contributed by atoms with E-state index in [-0.39, 0.29) is 0 Å². The Balaban J connectivity index is 3.07. The van der Waals surface area contributed by atoms with Crippen LogP contribution in [0.2, 0.25) is 0 Å². The molecule has 1 unspecified atom stereocenters. The predicted molar refractivity (Wildman–Crippen MR) is 68.9 cm³/mol. The maximum absolute atomic E-state index is 2.36. The van der Waals surface area contributed by atoms with Crippen molar-refractivity contribution in [2.24, 2.45) is 0 Å².